The number of rotatable bonds is 3. The predicted octanol–water partition coefficient (Wildman–Crippen LogP) is 4.54. The van der Waals surface area contributed by atoms with E-state index in [4.69, 9.17) is 0 Å². The first-order chi connectivity index (χ1) is 10.0. The van der Waals surface area contributed by atoms with Crippen LogP contribution in [0.25, 0.3) is 10.9 Å². The van der Waals surface area contributed by atoms with Gasteiger partial charge >= 0.3 is 0 Å². The molecule has 0 radical (unpaired) electrons. The van der Waals surface area contributed by atoms with Crippen molar-refractivity contribution in [2.24, 2.45) is 0 Å². The topological polar surface area (TPSA) is 44.9 Å². The zero-order chi connectivity index (χ0) is 15.0. The van der Waals surface area contributed by atoms with Crippen molar-refractivity contribution >= 4 is 44.1 Å². The molecule has 0 fully saturated rings. The van der Waals surface area contributed by atoms with Crippen molar-refractivity contribution in [3.8, 4) is 0 Å². The van der Waals surface area contributed by atoms with Crippen molar-refractivity contribution in [1.29, 1.82) is 0 Å². The van der Waals surface area contributed by atoms with Gasteiger partial charge in [0, 0.05) is 27.0 Å². The fraction of sp³-hybridized carbons (Fsp3) is 0.188. The van der Waals surface area contributed by atoms with E-state index in [1.54, 1.807) is 11.3 Å². The van der Waals surface area contributed by atoms with E-state index in [-0.39, 0.29) is 5.91 Å². The van der Waals surface area contributed by atoms with Crippen LogP contribution in [0.5, 0.6) is 0 Å². The van der Waals surface area contributed by atoms with Crippen LogP contribution in [0.4, 0.5) is 0 Å². The van der Waals surface area contributed by atoms with Crippen molar-refractivity contribution in [1.82, 2.24) is 10.3 Å². The molecule has 2 aromatic heterocycles. The van der Waals surface area contributed by atoms with Crippen molar-refractivity contribution in [3.63, 3.8) is 0 Å². The Morgan fingerprint density at radius 1 is 1.29 bits per heavy atom. The molecule has 0 bridgehead atoms. The van der Waals surface area contributed by atoms with Crippen LogP contribution in [-0.2, 0) is 6.54 Å². The molecule has 2 heterocycles. The second-order valence-corrected chi connectivity index (χ2v) is 7.57. The summed E-state index contributed by atoms with van der Waals surface area (Å²) in [6, 6.07) is 9.78. The van der Waals surface area contributed by atoms with Gasteiger partial charge in [0.25, 0.3) is 5.91 Å². The highest BCUT2D eigenvalue weighted by Gasteiger charge is 2.10. The minimum absolute atomic E-state index is 0.0420. The summed E-state index contributed by atoms with van der Waals surface area (Å²) in [5.74, 6) is -0.0420. The number of H-pyrrole nitrogens is 1. The summed E-state index contributed by atoms with van der Waals surface area (Å²) in [5, 5.41) is 4.07. The number of aromatic nitrogens is 1. The highest BCUT2D eigenvalue weighted by Crippen LogP contribution is 2.23. The first kappa shape index (κ1) is 14.4. The zero-order valence-electron chi connectivity index (χ0n) is 11.8. The van der Waals surface area contributed by atoms with Gasteiger partial charge in [-0.2, -0.15) is 0 Å². The maximum atomic E-state index is 12.3. The van der Waals surface area contributed by atoms with Crippen LogP contribution in [0.2, 0.25) is 0 Å². The van der Waals surface area contributed by atoms with E-state index in [1.807, 2.05) is 37.3 Å². The Hall–Kier alpha value is -1.59. The number of carbonyl (C=O) groups excluding carboxylic acids is 1. The van der Waals surface area contributed by atoms with Gasteiger partial charge in [0.05, 0.1) is 10.3 Å². The minimum Gasteiger partial charge on any atom is -0.358 e. The van der Waals surface area contributed by atoms with Gasteiger partial charge in [-0.25, -0.2) is 0 Å². The standard InChI is InChI=1S/C16H15BrN2OS/c1-9-10(2)19-14-5-3-11(7-13(9)14)16(20)18-8-12-4-6-15(17)21-12/h3-7,19H,8H2,1-2H3,(H,18,20). The molecular formula is C16H15BrN2OS. The number of benzene rings is 1. The molecule has 0 aliphatic rings. The number of carbonyl (C=O) groups is 1. The maximum absolute atomic E-state index is 12.3. The molecule has 108 valence electrons. The van der Waals surface area contributed by atoms with Crippen LogP contribution in [0.15, 0.2) is 34.1 Å². The summed E-state index contributed by atoms with van der Waals surface area (Å²) >= 11 is 5.05. The smallest absolute Gasteiger partial charge is 0.251 e. The molecular weight excluding hydrogens is 348 g/mol. The largest absolute Gasteiger partial charge is 0.358 e. The molecule has 3 nitrogen and oxygen atoms in total. The van der Waals surface area contributed by atoms with Gasteiger partial charge in [-0.15, -0.1) is 11.3 Å². The van der Waals surface area contributed by atoms with E-state index in [1.165, 1.54) is 5.56 Å². The lowest BCUT2D eigenvalue weighted by Crippen LogP contribution is -2.22. The highest BCUT2D eigenvalue weighted by molar-refractivity contribution is 9.11. The third kappa shape index (κ3) is 2.89. The van der Waals surface area contributed by atoms with Crippen LogP contribution in [0.3, 0.4) is 0 Å². The summed E-state index contributed by atoms with van der Waals surface area (Å²) in [6.07, 6.45) is 0. The van der Waals surface area contributed by atoms with Gasteiger partial charge in [-0.05, 0) is 65.7 Å². The number of halogens is 1. The monoisotopic (exact) mass is 362 g/mol. The molecule has 0 saturated heterocycles. The van der Waals surface area contributed by atoms with Gasteiger partial charge in [0.2, 0.25) is 0 Å². The Bertz CT molecular complexity index is 819. The first-order valence-electron chi connectivity index (χ1n) is 6.66. The summed E-state index contributed by atoms with van der Waals surface area (Å²) in [4.78, 5) is 16.7. The van der Waals surface area contributed by atoms with E-state index >= 15 is 0 Å². The fourth-order valence-electron chi connectivity index (χ4n) is 2.32. The third-order valence-corrected chi connectivity index (χ3v) is 5.25. The van der Waals surface area contributed by atoms with Gasteiger partial charge < -0.3 is 10.3 Å². The van der Waals surface area contributed by atoms with Gasteiger partial charge in [-0.1, -0.05) is 0 Å². The maximum Gasteiger partial charge on any atom is 0.251 e. The summed E-state index contributed by atoms with van der Waals surface area (Å²) in [5.41, 5.74) is 4.11. The molecule has 1 aromatic carbocycles. The second-order valence-electron chi connectivity index (χ2n) is 5.02. The number of aromatic amines is 1. The SMILES string of the molecule is Cc1[nH]c2ccc(C(=O)NCc3ccc(Br)s3)cc2c1C. The predicted molar refractivity (Wildman–Crippen MR) is 91.0 cm³/mol. The number of fused-ring (bicyclic) bond motifs is 1. The number of aryl methyl sites for hydroxylation is 2. The Morgan fingerprint density at radius 3 is 2.81 bits per heavy atom. The molecule has 5 heteroatoms. The molecule has 21 heavy (non-hydrogen) atoms. The lowest BCUT2D eigenvalue weighted by molar-refractivity contribution is 0.0951. The molecule has 3 rings (SSSR count). The van der Waals surface area contributed by atoms with Gasteiger partial charge in [0.15, 0.2) is 0 Å². The molecule has 0 unspecified atom stereocenters. The van der Waals surface area contributed by atoms with E-state index in [0.29, 0.717) is 12.1 Å². The van der Waals surface area contributed by atoms with Crippen LogP contribution in [-0.4, -0.2) is 10.9 Å². The van der Waals surface area contributed by atoms with E-state index in [2.05, 4.69) is 33.2 Å². The van der Waals surface area contributed by atoms with Gasteiger partial charge in [-0.3, -0.25) is 4.79 Å². The molecule has 0 aliphatic heterocycles. The Balaban J connectivity index is 1.79. The molecule has 0 spiro atoms. The summed E-state index contributed by atoms with van der Waals surface area (Å²) in [7, 11) is 0. The minimum atomic E-state index is -0.0420. The Labute approximate surface area is 135 Å². The first-order valence-corrected chi connectivity index (χ1v) is 8.27. The van der Waals surface area contributed by atoms with E-state index in [0.717, 1.165) is 25.3 Å². The molecule has 0 aliphatic carbocycles. The molecule has 0 atom stereocenters. The van der Waals surface area contributed by atoms with Crippen molar-refractivity contribution in [2.45, 2.75) is 20.4 Å². The van der Waals surface area contributed by atoms with E-state index < -0.39 is 0 Å². The van der Waals surface area contributed by atoms with Crippen LogP contribution in [0.1, 0.15) is 26.5 Å². The molecule has 3 aromatic rings. The average molecular weight is 363 g/mol. The quantitative estimate of drug-likeness (QED) is 0.705. The number of hydrogen-bond donors (Lipinski definition) is 2. The Morgan fingerprint density at radius 2 is 2.10 bits per heavy atom. The number of thiophene rings is 1. The van der Waals surface area contributed by atoms with E-state index in [9.17, 15) is 4.79 Å². The lowest BCUT2D eigenvalue weighted by atomic mass is 10.1. The molecule has 0 saturated carbocycles. The third-order valence-electron chi connectivity index (χ3n) is 3.62. The lowest BCUT2D eigenvalue weighted by Gasteiger charge is -2.04. The van der Waals surface area contributed by atoms with Crippen LogP contribution in [0, 0.1) is 13.8 Å². The number of amides is 1. The zero-order valence-corrected chi connectivity index (χ0v) is 14.2. The van der Waals surface area contributed by atoms with Crippen molar-refractivity contribution in [2.75, 3.05) is 0 Å². The fourth-order valence-corrected chi connectivity index (χ4v) is 3.74. The normalized spacial score (nSPS) is 11.0. The summed E-state index contributed by atoms with van der Waals surface area (Å²) < 4.78 is 1.08. The molecule has 1 amide bonds. The second kappa shape index (κ2) is 5.66. The van der Waals surface area contributed by atoms with Crippen LogP contribution < -0.4 is 5.32 Å². The highest BCUT2D eigenvalue weighted by atomic mass is 79.9. The summed E-state index contributed by atoms with van der Waals surface area (Å²) in [6.45, 7) is 4.67. The molecule has 2 N–H and O–H groups in total. The van der Waals surface area contributed by atoms with Crippen LogP contribution >= 0.6 is 27.3 Å². The average Bonchev–Trinajstić information content (AvgIpc) is 3.01. The Kier molecular flexibility index (Phi) is 3.87. The van der Waals surface area contributed by atoms with Gasteiger partial charge in [0.1, 0.15) is 0 Å². The van der Waals surface area contributed by atoms with Crippen molar-refractivity contribution < 1.29 is 4.79 Å². The number of nitrogens with one attached hydrogen (secondary N) is 2. The van der Waals surface area contributed by atoms with Crippen molar-refractivity contribution in [3.05, 3.63) is 55.8 Å². The number of hydrogen-bond acceptors (Lipinski definition) is 2.